The fourth-order valence-corrected chi connectivity index (χ4v) is 3.40. The van der Waals surface area contributed by atoms with Crippen LogP contribution in [-0.2, 0) is 4.79 Å². The van der Waals surface area contributed by atoms with Gasteiger partial charge in [0, 0.05) is 5.70 Å². The van der Waals surface area contributed by atoms with Crippen LogP contribution < -0.4 is 20.7 Å². The summed E-state index contributed by atoms with van der Waals surface area (Å²) in [5.74, 6) is -0.678. The first kappa shape index (κ1) is 19.1. The van der Waals surface area contributed by atoms with E-state index in [0.717, 1.165) is 0 Å². The molecule has 0 spiro atoms. The molecule has 1 fully saturated rings. The molecule has 2 atom stereocenters. The van der Waals surface area contributed by atoms with Crippen LogP contribution in [-0.4, -0.2) is 19.0 Å². The van der Waals surface area contributed by atoms with E-state index in [0.29, 0.717) is 22.0 Å². The summed E-state index contributed by atoms with van der Waals surface area (Å²) in [5, 5.41) is 8.70. The number of hydrogen-bond acceptors (Lipinski definition) is 3. The van der Waals surface area contributed by atoms with Crippen molar-refractivity contribution < 1.29 is 14.3 Å². The molecule has 0 aliphatic carbocycles. The predicted octanol–water partition coefficient (Wildman–Crippen LogP) is 4.12. The number of rotatable bonds is 4. The zero-order chi connectivity index (χ0) is 19.6. The number of nitrogens with one attached hydrogen (secondary N) is 3. The molecule has 1 aliphatic rings. The fraction of sp³-hybridized carbons (Fsp3) is 0.158. The van der Waals surface area contributed by atoms with E-state index in [2.05, 4.69) is 22.5 Å². The molecule has 3 rings (SSSR count). The quantitative estimate of drug-likeness (QED) is 0.715. The lowest BCUT2D eigenvalue weighted by Crippen LogP contribution is -2.51. The molecule has 3 amide bonds. The lowest BCUT2D eigenvalue weighted by atomic mass is 9.88. The van der Waals surface area contributed by atoms with Crippen molar-refractivity contribution in [3.63, 3.8) is 0 Å². The second-order valence-corrected chi connectivity index (χ2v) is 6.70. The van der Waals surface area contributed by atoms with Gasteiger partial charge in [-0.25, -0.2) is 4.79 Å². The van der Waals surface area contributed by atoms with E-state index in [1.165, 1.54) is 7.11 Å². The zero-order valence-electron chi connectivity index (χ0n) is 14.4. The molecule has 1 aliphatic heterocycles. The monoisotopic (exact) mass is 405 g/mol. The highest BCUT2D eigenvalue weighted by Gasteiger charge is 2.39. The molecule has 2 aromatic carbocycles. The Bertz CT molecular complexity index is 917. The minimum Gasteiger partial charge on any atom is -0.495 e. The molecule has 6 nitrogen and oxygen atoms in total. The third-order valence-electron chi connectivity index (χ3n) is 4.23. The highest BCUT2D eigenvalue weighted by molar-refractivity contribution is 6.42. The van der Waals surface area contributed by atoms with Gasteiger partial charge >= 0.3 is 6.03 Å². The van der Waals surface area contributed by atoms with Crippen LogP contribution in [0.2, 0.25) is 10.0 Å². The third kappa shape index (κ3) is 3.86. The largest absolute Gasteiger partial charge is 0.495 e. The number of amides is 3. The summed E-state index contributed by atoms with van der Waals surface area (Å²) in [6.45, 7) is 3.84. The first-order valence-electron chi connectivity index (χ1n) is 8.06. The first-order valence-corrected chi connectivity index (χ1v) is 8.82. The van der Waals surface area contributed by atoms with E-state index in [9.17, 15) is 9.59 Å². The second-order valence-electron chi connectivity index (χ2n) is 5.91. The van der Waals surface area contributed by atoms with E-state index < -0.39 is 18.0 Å². The van der Waals surface area contributed by atoms with Crippen molar-refractivity contribution in [1.82, 2.24) is 10.6 Å². The molecule has 1 saturated heterocycles. The Kier molecular flexibility index (Phi) is 5.58. The van der Waals surface area contributed by atoms with Crippen LogP contribution in [0, 0.1) is 5.92 Å². The zero-order valence-corrected chi connectivity index (χ0v) is 15.9. The van der Waals surface area contributed by atoms with Crippen LogP contribution >= 0.6 is 23.2 Å². The number of halogens is 2. The van der Waals surface area contributed by atoms with Crippen molar-refractivity contribution in [2.24, 2.45) is 5.92 Å². The van der Waals surface area contributed by atoms with Gasteiger partial charge in [0.05, 0.1) is 28.9 Å². The van der Waals surface area contributed by atoms with E-state index >= 15 is 0 Å². The van der Waals surface area contributed by atoms with Crippen LogP contribution in [0.5, 0.6) is 5.75 Å². The highest BCUT2D eigenvalue weighted by Crippen LogP contribution is 2.37. The van der Waals surface area contributed by atoms with Gasteiger partial charge in [0.25, 0.3) is 0 Å². The molecule has 140 valence electrons. The second kappa shape index (κ2) is 7.90. The van der Waals surface area contributed by atoms with Gasteiger partial charge in [-0.05, 0) is 23.8 Å². The molecule has 0 radical (unpaired) electrons. The molecular weight excluding hydrogens is 389 g/mol. The Balaban J connectivity index is 1.96. The molecule has 0 unspecified atom stereocenters. The average Bonchev–Trinajstić information content (AvgIpc) is 2.63. The van der Waals surface area contributed by atoms with Crippen molar-refractivity contribution in [2.45, 2.75) is 6.04 Å². The summed E-state index contributed by atoms with van der Waals surface area (Å²) < 4.78 is 5.26. The minimum atomic E-state index is -0.816. The number of anilines is 1. The summed E-state index contributed by atoms with van der Waals surface area (Å²) in [7, 11) is 1.51. The number of carbonyl (C=O) groups is 2. The van der Waals surface area contributed by atoms with Crippen LogP contribution in [0.3, 0.4) is 0 Å². The number of para-hydroxylation sites is 2. The lowest BCUT2D eigenvalue weighted by molar-refractivity contribution is -0.119. The Morgan fingerprint density at radius 2 is 1.93 bits per heavy atom. The Hall–Kier alpha value is -2.70. The highest BCUT2D eigenvalue weighted by atomic mass is 35.5. The standard InChI is InChI=1S/C19H17Cl2N3O3/c1-10-15(18(25)23-13-8-3-4-9-14(13)27-2)17(24-19(26)22-10)11-6-5-7-12(20)16(11)21/h3-9,15,17H,1H2,2H3,(H,23,25)(H2,22,24,26)/t15-,17+/m1/s1. The van der Waals surface area contributed by atoms with E-state index in [1.54, 1.807) is 42.5 Å². The lowest BCUT2D eigenvalue weighted by Gasteiger charge is -2.34. The smallest absolute Gasteiger partial charge is 0.319 e. The van der Waals surface area contributed by atoms with Crippen LogP contribution in [0.1, 0.15) is 11.6 Å². The van der Waals surface area contributed by atoms with Gasteiger partial charge in [-0.3, -0.25) is 4.79 Å². The van der Waals surface area contributed by atoms with Crippen molar-refractivity contribution >= 4 is 40.8 Å². The maximum Gasteiger partial charge on any atom is 0.319 e. The summed E-state index contributed by atoms with van der Waals surface area (Å²) in [4.78, 5) is 25.0. The van der Waals surface area contributed by atoms with E-state index in [4.69, 9.17) is 27.9 Å². The number of urea groups is 1. The maximum absolute atomic E-state index is 13.0. The Labute approximate surface area is 166 Å². The molecular formula is C19H17Cl2N3O3. The van der Waals surface area contributed by atoms with Gasteiger partial charge in [-0.1, -0.05) is 54.0 Å². The van der Waals surface area contributed by atoms with Gasteiger partial charge in [0.15, 0.2) is 0 Å². The minimum absolute atomic E-state index is 0.257. The van der Waals surface area contributed by atoms with Crippen molar-refractivity contribution in [3.8, 4) is 5.75 Å². The fourth-order valence-electron chi connectivity index (χ4n) is 2.97. The van der Waals surface area contributed by atoms with Crippen LogP contribution in [0.4, 0.5) is 10.5 Å². The molecule has 3 N–H and O–H groups in total. The number of hydrogen-bond donors (Lipinski definition) is 3. The Morgan fingerprint density at radius 1 is 1.19 bits per heavy atom. The SMILES string of the molecule is C=C1NC(=O)N[C@@H](c2cccc(Cl)c2Cl)[C@@H]1C(=O)Nc1ccccc1OC. The molecule has 0 saturated carbocycles. The Morgan fingerprint density at radius 3 is 2.67 bits per heavy atom. The van der Waals surface area contributed by atoms with E-state index in [-0.39, 0.29) is 16.6 Å². The topological polar surface area (TPSA) is 79.5 Å². The number of ether oxygens (including phenoxy) is 1. The van der Waals surface area contributed by atoms with Gasteiger partial charge < -0.3 is 20.7 Å². The molecule has 27 heavy (non-hydrogen) atoms. The number of benzene rings is 2. The summed E-state index contributed by atoms with van der Waals surface area (Å²) in [6.07, 6.45) is 0. The van der Waals surface area contributed by atoms with Gasteiger partial charge in [-0.2, -0.15) is 0 Å². The van der Waals surface area contributed by atoms with Crippen molar-refractivity contribution in [2.75, 3.05) is 12.4 Å². The van der Waals surface area contributed by atoms with Gasteiger partial charge in [0.1, 0.15) is 11.7 Å². The van der Waals surface area contributed by atoms with Crippen LogP contribution in [0.15, 0.2) is 54.7 Å². The summed E-state index contributed by atoms with van der Waals surface area (Å²) in [6, 6.07) is 10.9. The molecule has 1 heterocycles. The molecule has 2 aromatic rings. The first-order chi connectivity index (χ1) is 12.9. The molecule has 0 aromatic heterocycles. The maximum atomic E-state index is 13.0. The normalized spacial score (nSPS) is 19.1. The number of carbonyl (C=O) groups excluding carboxylic acids is 2. The van der Waals surface area contributed by atoms with E-state index in [1.807, 2.05) is 0 Å². The average molecular weight is 406 g/mol. The molecule has 8 heteroatoms. The summed E-state index contributed by atoms with van der Waals surface area (Å²) in [5.41, 5.74) is 1.29. The van der Waals surface area contributed by atoms with Crippen molar-refractivity contribution in [1.29, 1.82) is 0 Å². The van der Waals surface area contributed by atoms with Gasteiger partial charge in [-0.15, -0.1) is 0 Å². The third-order valence-corrected chi connectivity index (χ3v) is 5.07. The van der Waals surface area contributed by atoms with Crippen LogP contribution in [0.25, 0.3) is 0 Å². The van der Waals surface area contributed by atoms with Crippen molar-refractivity contribution in [3.05, 3.63) is 70.3 Å². The number of methoxy groups -OCH3 is 1. The predicted molar refractivity (Wildman–Crippen MR) is 105 cm³/mol. The van der Waals surface area contributed by atoms with Gasteiger partial charge in [0.2, 0.25) is 5.91 Å². The molecule has 0 bridgehead atoms. The summed E-state index contributed by atoms with van der Waals surface area (Å²) >= 11 is 12.4.